The SMILES string of the molecule is Clc1ccc(-c2ncc3ncccc3n2)c(Cl)c1. The molecule has 0 aliphatic carbocycles. The van der Waals surface area contributed by atoms with Crippen LogP contribution in [0.5, 0.6) is 0 Å². The maximum Gasteiger partial charge on any atom is 0.161 e. The molecule has 0 saturated carbocycles. The highest BCUT2D eigenvalue weighted by Crippen LogP contribution is 2.28. The lowest BCUT2D eigenvalue weighted by Gasteiger charge is -2.04. The highest BCUT2D eigenvalue weighted by molar-refractivity contribution is 6.36. The minimum Gasteiger partial charge on any atom is -0.253 e. The molecule has 0 aliphatic rings. The van der Waals surface area contributed by atoms with E-state index in [4.69, 9.17) is 23.2 Å². The van der Waals surface area contributed by atoms with E-state index in [1.807, 2.05) is 18.2 Å². The maximum atomic E-state index is 6.14. The molecule has 3 rings (SSSR count). The van der Waals surface area contributed by atoms with Crippen molar-refractivity contribution in [1.82, 2.24) is 15.0 Å². The van der Waals surface area contributed by atoms with Crippen molar-refractivity contribution < 1.29 is 0 Å². The Kier molecular flexibility index (Phi) is 2.86. The normalized spacial score (nSPS) is 10.8. The fraction of sp³-hybridized carbons (Fsp3) is 0. The number of hydrogen-bond donors (Lipinski definition) is 0. The summed E-state index contributed by atoms with van der Waals surface area (Å²) in [6.07, 6.45) is 3.39. The van der Waals surface area contributed by atoms with E-state index in [1.165, 1.54) is 0 Å². The van der Waals surface area contributed by atoms with Crippen LogP contribution in [0.15, 0.2) is 42.7 Å². The van der Waals surface area contributed by atoms with Gasteiger partial charge in [-0.05, 0) is 30.3 Å². The van der Waals surface area contributed by atoms with Crippen molar-refractivity contribution in [2.75, 3.05) is 0 Å². The van der Waals surface area contributed by atoms with Gasteiger partial charge < -0.3 is 0 Å². The number of benzene rings is 1. The molecule has 0 atom stereocenters. The van der Waals surface area contributed by atoms with Crippen molar-refractivity contribution in [2.24, 2.45) is 0 Å². The average molecular weight is 276 g/mol. The van der Waals surface area contributed by atoms with Gasteiger partial charge in [-0.2, -0.15) is 0 Å². The summed E-state index contributed by atoms with van der Waals surface area (Å²) in [6, 6.07) is 8.97. The Morgan fingerprint density at radius 2 is 1.83 bits per heavy atom. The van der Waals surface area contributed by atoms with Crippen molar-refractivity contribution in [1.29, 1.82) is 0 Å². The lowest BCUT2D eigenvalue weighted by atomic mass is 10.2. The summed E-state index contributed by atoms with van der Waals surface area (Å²) in [5.41, 5.74) is 2.30. The number of halogens is 2. The van der Waals surface area contributed by atoms with Gasteiger partial charge in [0.15, 0.2) is 5.82 Å². The molecule has 0 unspecified atom stereocenters. The summed E-state index contributed by atoms with van der Waals surface area (Å²) >= 11 is 12.0. The van der Waals surface area contributed by atoms with Gasteiger partial charge in [-0.1, -0.05) is 23.2 Å². The van der Waals surface area contributed by atoms with E-state index in [0.717, 1.165) is 16.6 Å². The van der Waals surface area contributed by atoms with Gasteiger partial charge in [-0.15, -0.1) is 0 Å². The third-order valence-corrected chi connectivity index (χ3v) is 3.07. The lowest BCUT2D eigenvalue weighted by molar-refractivity contribution is 1.20. The van der Waals surface area contributed by atoms with E-state index in [-0.39, 0.29) is 0 Å². The van der Waals surface area contributed by atoms with Crippen LogP contribution < -0.4 is 0 Å². The monoisotopic (exact) mass is 275 g/mol. The van der Waals surface area contributed by atoms with Crippen LogP contribution in [0.25, 0.3) is 22.4 Å². The van der Waals surface area contributed by atoms with Gasteiger partial charge in [0.1, 0.15) is 5.52 Å². The number of nitrogens with zero attached hydrogens (tertiary/aromatic N) is 3. The van der Waals surface area contributed by atoms with E-state index in [0.29, 0.717) is 15.9 Å². The highest BCUT2D eigenvalue weighted by Gasteiger charge is 2.08. The topological polar surface area (TPSA) is 38.7 Å². The molecule has 0 fully saturated rings. The van der Waals surface area contributed by atoms with Crippen LogP contribution in [0, 0.1) is 0 Å². The summed E-state index contributed by atoms with van der Waals surface area (Å²) in [4.78, 5) is 12.9. The average Bonchev–Trinajstić information content (AvgIpc) is 2.38. The largest absolute Gasteiger partial charge is 0.253 e. The third-order valence-electron chi connectivity index (χ3n) is 2.52. The molecule has 0 bridgehead atoms. The fourth-order valence-electron chi connectivity index (χ4n) is 1.67. The van der Waals surface area contributed by atoms with Crippen LogP contribution in [0.2, 0.25) is 10.0 Å². The van der Waals surface area contributed by atoms with Gasteiger partial charge in [0.25, 0.3) is 0 Å². The van der Waals surface area contributed by atoms with Crippen molar-refractivity contribution >= 4 is 34.2 Å². The highest BCUT2D eigenvalue weighted by atomic mass is 35.5. The summed E-state index contributed by atoms with van der Waals surface area (Å²) < 4.78 is 0. The van der Waals surface area contributed by atoms with Gasteiger partial charge in [0.05, 0.1) is 16.7 Å². The zero-order chi connectivity index (χ0) is 12.5. The molecule has 0 radical (unpaired) electrons. The predicted octanol–water partition coefficient (Wildman–Crippen LogP) is 4.00. The Bertz CT molecular complexity index is 728. The molecule has 0 saturated heterocycles. The summed E-state index contributed by atoms with van der Waals surface area (Å²) in [5.74, 6) is 0.567. The third kappa shape index (κ3) is 2.03. The fourth-order valence-corrected chi connectivity index (χ4v) is 2.16. The summed E-state index contributed by atoms with van der Waals surface area (Å²) in [7, 11) is 0. The first-order chi connectivity index (χ1) is 8.74. The molecule has 5 heteroatoms. The lowest BCUT2D eigenvalue weighted by Crippen LogP contribution is -1.91. The van der Waals surface area contributed by atoms with Crippen molar-refractivity contribution in [3.05, 3.63) is 52.8 Å². The van der Waals surface area contributed by atoms with Crippen LogP contribution in [0.1, 0.15) is 0 Å². The van der Waals surface area contributed by atoms with Crippen LogP contribution >= 0.6 is 23.2 Å². The molecule has 0 spiro atoms. The smallest absolute Gasteiger partial charge is 0.161 e. The second-order valence-electron chi connectivity index (χ2n) is 3.73. The van der Waals surface area contributed by atoms with Crippen molar-refractivity contribution in [3.8, 4) is 11.4 Å². The molecule has 2 heterocycles. The quantitative estimate of drug-likeness (QED) is 0.674. The Hall–Kier alpha value is -1.71. The second-order valence-corrected chi connectivity index (χ2v) is 4.57. The number of hydrogen-bond acceptors (Lipinski definition) is 3. The molecular weight excluding hydrogens is 269 g/mol. The zero-order valence-corrected chi connectivity index (χ0v) is 10.7. The standard InChI is InChI=1S/C13H7Cl2N3/c14-8-3-4-9(10(15)6-8)13-17-7-12-11(18-13)2-1-5-16-12/h1-7H. The summed E-state index contributed by atoms with van der Waals surface area (Å²) in [6.45, 7) is 0. The Balaban J connectivity index is 2.19. The second kappa shape index (κ2) is 4.52. The van der Waals surface area contributed by atoms with E-state index < -0.39 is 0 Å². The molecule has 0 amide bonds. The molecule has 3 aromatic rings. The first kappa shape index (κ1) is 11.4. The van der Waals surface area contributed by atoms with E-state index >= 15 is 0 Å². The van der Waals surface area contributed by atoms with Gasteiger partial charge in [-0.3, -0.25) is 4.98 Å². The van der Waals surface area contributed by atoms with Crippen LogP contribution in [0.4, 0.5) is 0 Å². The Morgan fingerprint density at radius 1 is 0.944 bits per heavy atom. The minimum absolute atomic E-state index is 0.533. The Labute approximate surface area is 113 Å². The molecule has 18 heavy (non-hydrogen) atoms. The van der Waals surface area contributed by atoms with Gasteiger partial charge in [0.2, 0.25) is 0 Å². The summed E-state index contributed by atoms with van der Waals surface area (Å²) in [5, 5.41) is 1.12. The minimum atomic E-state index is 0.533. The molecule has 3 nitrogen and oxygen atoms in total. The molecule has 88 valence electrons. The molecule has 2 aromatic heterocycles. The van der Waals surface area contributed by atoms with Gasteiger partial charge in [-0.25, -0.2) is 9.97 Å². The predicted molar refractivity (Wildman–Crippen MR) is 72.8 cm³/mol. The number of aromatic nitrogens is 3. The molecule has 1 aromatic carbocycles. The van der Waals surface area contributed by atoms with E-state index in [1.54, 1.807) is 24.5 Å². The van der Waals surface area contributed by atoms with E-state index in [9.17, 15) is 0 Å². The Morgan fingerprint density at radius 3 is 2.67 bits per heavy atom. The number of fused-ring (bicyclic) bond motifs is 1. The molecule has 0 N–H and O–H groups in total. The number of rotatable bonds is 1. The van der Waals surface area contributed by atoms with Gasteiger partial charge >= 0.3 is 0 Å². The van der Waals surface area contributed by atoms with Crippen molar-refractivity contribution in [2.45, 2.75) is 0 Å². The first-order valence-electron chi connectivity index (χ1n) is 5.27. The van der Waals surface area contributed by atoms with Crippen molar-refractivity contribution in [3.63, 3.8) is 0 Å². The van der Waals surface area contributed by atoms with Crippen LogP contribution in [-0.4, -0.2) is 15.0 Å². The molecular formula is C13H7Cl2N3. The van der Waals surface area contributed by atoms with E-state index in [2.05, 4.69) is 15.0 Å². The van der Waals surface area contributed by atoms with Crippen LogP contribution in [0.3, 0.4) is 0 Å². The zero-order valence-electron chi connectivity index (χ0n) is 9.14. The van der Waals surface area contributed by atoms with Crippen LogP contribution in [-0.2, 0) is 0 Å². The number of pyridine rings is 1. The first-order valence-corrected chi connectivity index (χ1v) is 6.03. The van der Waals surface area contributed by atoms with Gasteiger partial charge in [0, 0.05) is 16.8 Å². The molecule has 0 aliphatic heterocycles. The maximum absolute atomic E-state index is 6.14.